The molecule has 39 heavy (non-hydrogen) atoms. The molecule has 0 fully saturated rings. The van der Waals surface area contributed by atoms with Crippen molar-refractivity contribution in [1.82, 2.24) is 9.13 Å². The third kappa shape index (κ3) is 6.67. The molecule has 210 valence electrons. The van der Waals surface area contributed by atoms with Gasteiger partial charge in [0.15, 0.2) is 6.29 Å². The highest BCUT2D eigenvalue weighted by atomic mass is 16.5. The highest BCUT2D eigenvalue weighted by Gasteiger charge is 2.14. The Bertz CT molecular complexity index is 1540. The van der Waals surface area contributed by atoms with E-state index in [1.165, 1.54) is 49.7 Å². The first-order valence-electron chi connectivity index (χ1n) is 11.8. The maximum Gasteiger partial charge on any atom is 0.254 e. The molecule has 0 bridgehead atoms. The van der Waals surface area contributed by atoms with Crippen molar-refractivity contribution < 1.29 is 39.4 Å². The number of nitrogens with zero attached hydrogens (tertiary/aromatic N) is 2. The van der Waals surface area contributed by atoms with E-state index in [-0.39, 0.29) is 24.2 Å². The van der Waals surface area contributed by atoms with E-state index in [0.29, 0.717) is 39.4 Å². The standard InChI is InChI=1S/C14H17NO5.C13H15NO5/c1-19-10-3-4-11-12(5-10)15(7-9(17)8-16)14(18)6-13(11)20-2;1-18-8-3-4-9-10(5-8)14(7-13(16)17)12(15)6-11(9)19-2/h3-6,9,16-17H,7-8H2,1-2H3;3-6,13,16-17H,7H2,1-2H3. The molecule has 12 nitrogen and oxygen atoms in total. The maximum absolute atomic E-state index is 12.1. The third-order valence-corrected chi connectivity index (χ3v) is 5.95. The molecule has 2 aromatic heterocycles. The minimum Gasteiger partial charge on any atom is -0.497 e. The zero-order chi connectivity index (χ0) is 28.7. The quantitative estimate of drug-likeness (QED) is 0.221. The molecule has 0 aliphatic heterocycles. The summed E-state index contributed by atoms with van der Waals surface area (Å²) >= 11 is 0. The van der Waals surface area contributed by atoms with E-state index in [4.69, 9.17) is 34.3 Å². The summed E-state index contributed by atoms with van der Waals surface area (Å²) in [5, 5.41) is 38.1. The van der Waals surface area contributed by atoms with E-state index >= 15 is 0 Å². The van der Waals surface area contributed by atoms with Gasteiger partial charge in [-0.15, -0.1) is 0 Å². The number of pyridine rings is 2. The lowest BCUT2D eigenvalue weighted by atomic mass is 10.1. The molecule has 4 rings (SSSR count). The molecule has 2 heterocycles. The van der Waals surface area contributed by atoms with E-state index in [2.05, 4.69) is 0 Å². The molecule has 4 aromatic rings. The van der Waals surface area contributed by atoms with Crippen molar-refractivity contribution in [3.63, 3.8) is 0 Å². The number of hydrogen-bond donors (Lipinski definition) is 4. The van der Waals surface area contributed by atoms with Crippen LogP contribution in [0.15, 0.2) is 58.1 Å². The van der Waals surface area contributed by atoms with Gasteiger partial charge in [-0.3, -0.25) is 9.59 Å². The largest absolute Gasteiger partial charge is 0.497 e. The fourth-order valence-corrected chi connectivity index (χ4v) is 4.06. The van der Waals surface area contributed by atoms with E-state index in [1.54, 1.807) is 36.4 Å². The van der Waals surface area contributed by atoms with Gasteiger partial charge in [0.2, 0.25) is 0 Å². The van der Waals surface area contributed by atoms with Crippen molar-refractivity contribution in [3.8, 4) is 23.0 Å². The fourth-order valence-electron chi connectivity index (χ4n) is 4.06. The predicted molar refractivity (Wildman–Crippen MR) is 144 cm³/mol. The van der Waals surface area contributed by atoms with E-state index in [1.807, 2.05) is 0 Å². The number of aliphatic hydroxyl groups is 4. The van der Waals surface area contributed by atoms with Gasteiger partial charge in [0.1, 0.15) is 23.0 Å². The van der Waals surface area contributed by atoms with Gasteiger partial charge >= 0.3 is 0 Å². The first-order chi connectivity index (χ1) is 18.7. The van der Waals surface area contributed by atoms with Gasteiger partial charge in [-0.05, 0) is 24.3 Å². The van der Waals surface area contributed by atoms with Crippen molar-refractivity contribution in [3.05, 3.63) is 69.2 Å². The van der Waals surface area contributed by atoms with Crippen LogP contribution in [0.5, 0.6) is 23.0 Å². The number of hydrogen-bond acceptors (Lipinski definition) is 10. The summed E-state index contributed by atoms with van der Waals surface area (Å²) in [7, 11) is 6.02. The Morgan fingerprint density at radius 3 is 1.46 bits per heavy atom. The van der Waals surface area contributed by atoms with Crippen LogP contribution in [0.2, 0.25) is 0 Å². The molecule has 0 saturated carbocycles. The van der Waals surface area contributed by atoms with Crippen molar-refractivity contribution in [1.29, 1.82) is 0 Å². The Morgan fingerprint density at radius 1 is 0.667 bits per heavy atom. The average molecular weight is 545 g/mol. The minimum atomic E-state index is -1.61. The van der Waals surface area contributed by atoms with E-state index < -0.39 is 19.0 Å². The second-order valence-corrected chi connectivity index (χ2v) is 8.41. The summed E-state index contributed by atoms with van der Waals surface area (Å²) in [6, 6.07) is 13.1. The zero-order valence-electron chi connectivity index (χ0n) is 22.0. The lowest BCUT2D eigenvalue weighted by Crippen LogP contribution is -2.28. The molecule has 0 aliphatic rings. The minimum absolute atomic E-state index is 0.00297. The first-order valence-corrected chi connectivity index (χ1v) is 11.8. The second kappa shape index (κ2) is 13.1. The Morgan fingerprint density at radius 2 is 1.10 bits per heavy atom. The van der Waals surface area contributed by atoms with E-state index in [0.717, 1.165) is 5.39 Å². The van der Waals surface area contributed by atoms with Crippen molar-refractivity contribution in [2.75, 3.05) is 35.0 Å². The molecule has 2 aromatic carbocycles. The van der Waals surface area contributed by atoms with Crippen molar-refractivity contribution in [2.24, 2.45) is 0 Å². The van der Waals surface area contributed by atoms with Crippen LogP contribution in [0.1, 0.15) is 0 Å². The van der Waals surface area contributed by atoms with Gasteiger partial charge in [0.25, 0.3) is 11.1 Å². The van der Waals surface area contributed by atoms with Gasteiger partial charge in [-0.2, -0.15) is 0 Å². The number of aromatic nitrogens is 2. The molecular formula is C27H32N2O10. The SMILES string of the molecule is COc1ccc2c(OC)cc(=O)n(CC(O)CO)c2c1.COc1ccc2c(OC)cc(=O)n(CC(O)O)c2c1. The van der Waals surface area contributed by atoms with Gasteiger partial charge < -0.3 is 48.5 Å². The molecule has 0 saturated heterocycles. The highest BCUT2D eigenvalue weighted by molar-refractivity contribution is 5.87. The van der Waals surface area contributed by atoms with Crippen LogP contribution in [-0.2, 0) is 13.1 Å². The van der Waals surface area contributed by atoms with Crippen LogP contribution in [0, 0.1) is 0 Å². The Kier molecular flexibility index (Phi) is 9.90. The summed E-state index contributed by atoms with van der Waals surface area (Å²) in [5.41, 5.74) is 0.429. The highest BCUT2D eigenvalue weighted by Crippen LogP contribution is 2.28. The molecule has 1 unspecified atom stereocenters. The molecule has 12 heteroatoms. The van der Waals surface area contributed by atoms with Crippen LogP contribution < -0.4 is 30.1 Å². The number of aliphatic hydroxyl groups excluding tert-OH is 3. The topological polar surface area (TPSA) is 162 Å². The van der Waals surface area contributed by atoms with Gasteiger partial charge in [0, 0.05) is 35.0 Å². The molecule has 0 spiro atoms. The normalized spacial score (nSPS) is 11.7. The van der Waals surface area contributed by atoms with Gasteiger partial charge in [0.05, 0.1) is 65.3 Å². The van der Waals surface area contributed by atoms with E-state index in [9.17, 15) is 14.7 Å². The lowest BCUT2D eigenvalue weighted by Gasteiger charge is -2.15. The van der Waals surface area contributed by atoms with Crippen LogP contribution in [-0.4, -0.2) is 77.0 Å². The molecule has 1 atom stereocenters. The molecule has 0 amide bonds. The van der Waals surface area contributed by atoms with Crippen LogP contribution >= 0.6 is 0 Å². The predicted octanol–water partition coefficient (Wildman–Crippen LogP) is 0.701. The maximum atomic E-state index is 12.1. The van der Waals surface area contributed by atoms with Crippen LogP contribution in [0.4, 0.5) is 0 Å². The Balaban J connectivity index is 0.000000216. The van der Waals surface area contributed by atoms with Crippen LogP contribution in [0.25, 0.3) is 21.8 Å². The van der Waals surface area contributed by atoms with Crippen LogP contribution in [0.3, 0.4) is 0 Å². The Labute approximate surface area is 223 Å². The third-order valence-electron chi connectivity index (χ3n) is 5.95. The second-order valence-electron chi connectivity index (χ2n) is 8.41. The Hall–Kier alpha value is -4.10. The fraction of sp³-hybridized carbons (Fsp3) is 0.333. The number of rotatable bonds is 9. The molecule has 0 radical (unpaired) electrons. The number of benzene rings is 2. The average Bonchev–Trinajstić information content (AvgIpc) is 2.94. The van der Waals surface area contributed by atoms with Gasteiger partial charge in [-0.25, -0.2) is 0 Å². The summed E-state index contributed by atoms with van der Waals surface area (Å²) in [4.78, 5) is 24.1. The number of ether oxygens (including phenoxy) is 4. The number of fused-ring (bicyclic) bond motifs is 2. The molecular weight excluding hydrogens is 512 g/mol. The van der Waals surface area contributed by atoms with Gasteiger partial charge in [-0.1, -0.05) is 0 Å². The lowest BCUT2D eigenvalue weighted by molar-refractivity contribution is -0.0511. The van der Waals surface area contributed by atoms with Crippen molar-refractivity contribution >= 4 is 21.8 Å². The molecule has 0 aliphatic carbocycles. The first kappa shape index (κ1) is 29.5. The summed E-state index contributed by atoms with van der Waals surface area (Å²) in [5.74, 6) is 2.06. The molecule has 4 N–H and O–H groups in total. The summed E-state index contributed by atoms with van der Waals surface area (Å²) in [6.07, 6.45) is -2.61. The van der Waals surface area contributed by atoms with Crippen molar-refractivity contribution in [2.45, 2.75) is 25.5 Å². The summed E-state index contributed by atoms with van der Waals surface area (Å²) < 4.78 is 23.3. The smallest absolute Gasteiger partial charge is 0.254 e. The number of methoxy groups -OCH3 is 4. The summed E-state index contributed by atoms with van der Waals surface area (Å²) in [6.45, 7) is -0.626. The monoisotopic (exact) mass is 544 g/mol. The zero-order valence-corrected chi connectivity index (χ0v) is 22.0.